The van der Waals surface area contributed by atoms with Gasteiger partial charge in [0.25, 0.3) is 5.91 Å². The van der Waals surface area contributed by atoms with Gasteiger partial charge in [0.2, 0.25) is 0 Å². The molecule has 3 aromatic rings. The summed E-state index contributed by atoms with van der Waals surface area (Å²) in [6.07, 6.45) is -8.82. The Kier molecular flexibility index (Phi) is 10.1. The zero-order valence-electron chi connectivity index (χ0n) is 34.2. The van der Waals surface area contributed by atoms with Crippen LogP contribution in [0.2, 0.25) is 0 Å². The number of rotatable bonds is 10. The number of benzene rings is 3. The molecule has 0 aromatic heterocycles. The third-order valence-electron chi connectivity index (χ3n) is 14.1. The molecular formula is C46H47NO14. The van der Waals surface area contributed by atoms with Gasteiger partial charge in [0, 0.05) is 32.3 Å². The van der Waals surface area contributed by atoms with Crippen LogP contribution in [0.25, 0.3) is 0 Å². The van der Waals surface area contributed by atoms with Crippen molar-refractivity contribution in [3.8, 4) is 0 Å². The Morgan fingerprint density at radius 3 is 1.98 bits per heavy atom. The molecule has 12 atom stereocenters. The van der Waals surface area contributed by atoms with Gasteiger partial charge >= 0.3 is 23.9 Å². The second kappa shape index (κ2) is 14.7. The number of ketones is 1. The minimum atomic E-state index is -2.30. The van der Waals surface area contributed by atoms with Crippen LogP contribution in [0, 0.1) is 16.7 Å². The number of fused-ring (bicyclic) bond motifs is 3. The highest BCUT2D eigenvalue weighted by Crippen LogP contribution is 2.78. The number of hydrogen-bond donors (Lipinski definition) is 4. The van der Waals surface area contributed by atoms with Gasteiger partial charge in [-0.2, -0.15) is 0 Å². The molecule has 5 aliphatic rings. The summed E-state index contributed by atoms with van der Waals surface area (Å²) >= 11 is 0. The van der Waals surface area contributed by atoms with Gasteiger partial charge in [0.05, 0.1) is 41.1 Å². The van der Waals surface area contributed by atoms with Crippen molar-refractivity contribution < 1.29 is 67.8 Å². The molecule has 4 N–H and O–H groups in total. The number of ether oxygens (including phenoxy) is 5. The van der Waals surface area contributed by atoms with E-state index >= 15 is 4.79 Å². The number of carbonyl (C=O) groups excluding carboxylic acids is 6. The fourth-order valence-electron chi connectivity index (χ4n) is 11.0. The normalized spacial score (nSPS) is 35.3. The van der Waals surface area contributed by atoms with Crippen LogP contribution in [0.1, 0.15) is 79.8 Å². The number of hydrogen-bond acceptors (Lipinski definition) is 14. The van der Waals surface area contributed by atoms with Crippen molar-refractivity contribution >= 4 is 35.6 Å². The van der Waals surface area contributed by atoms with Crippen molar-refractivity contribution in [1.29, 1.82) is 0 Å². The van der Waals surface area contributed by atoms with E-state index in [0.29, 0.717) is 5.56 Å². The van der Waals surface area contributed by atoms with Crippen LogP contribution in [0.15, 0.2) is 102 Å². The molecule has 4 fully saturated rings. The Hall–Kier alpha value is -5.74. The molecule has 1 saturated heterocycles. The van der Waals surface area contributed by atoms with Gasteiger partial charge in [0.15, 0.2) is 23.6 Å². The molecule has 61 heavy (non-hydrogen) atoms. The Morgan fingerprint density at radius 2 is 1.43 bits per heavy atom. The van der Waals surface area contributed by atoms with Gasteiger partial charge in [0.1, 0.15) is 23.4 Å². The second-order valence-corrected chi connectivity index (χ2v) is 17.1. The van der Waals surface area contributed by atoms with E-state index in [1.165, 1.54) is 32.9 Å². The first-order valence-corrected chi connectivity index (χ1v) is 20.1. The zero-order chi connectivity index (χ0) is 43.9. The monoisotopic (exact) mass is 837 g/mol. The third kappa shape index (κ3) is 5.92. The number of Topliss-reactive ketones (excluding diaryl/α,β-unsaturated/α-hetero) is 1. The summed E-state index contributed by atoms with van der Waals surface area (Å²) in [6, 6.07) is 23.0. The van der Waals surface area contributed by atoms with Crippen LogP contribution < -0.4 is 5.32 Å². The van der Waals surface area contributed by atoms with Crippen molar-refractivity contribution in [2.24, 2.45) is 16.7 Å². The minimum absolute atomic E-state index is 0.0434. The number of nitrogens with one attached hydrogen (secondary N) is 1. The van der Waals surface area contributed by atoms with E-state index in [4.69, 9.17) is 23.7 Å². The summed E-state index contributed by atoms with van der Waals surface area (Å²) in [5.41, 5.74) is -8.81. The van der Waals surface area contributed by atoms with Crippen molar-refractivity contribution in [2.75, 3.05) is 6.61 Å². The first-order chi connectivity index (χ1) is 28.9. The highest BCUT2D eigenvalue weighted by molar-refractivity contribution is 5.97. The largest absolute Gasteiger partial charge is 0.455 e. The van der Waals surface area contributed by atoms with Gasteiger partial charge in [-0.1, -0.05) is 66.7 Å². The lowest BCUT2D eigenvalue weighted by Gasteiger charge is -2.78. The molecule has 15 nitrogen and oxygen atoms in total. The summed E-state index contributed by atoms with van der Waals surface area (Å²) in [5.74, 6) is -6.74. The van der Waals surface area contributed by atoms with E-state index in [0.717, 1.165) is 13.8 Å². The Balaban J connectivity index is 1.26. The first-order valence-electron chi connectivity index (χ1n) is 20.1. The van der Waals surface area contributed by atoms with Gasteiger partial charge < -0.3 is 44.3 Å². The Bertz CT molecular complexity index is 2340. The van der Waals surface area contributed by atoms with Crippen molar-refractivity contribution in [3.05, 3.63) is 119 Å². The van der Waals surface area contributed by atoms with Crippen LogP contribution in [-0.4, -0.2) is 105 Å². The molecule has 1 amide bonds. The molecule has 0 spiro atoms. The predicted molar refractivity (Wildman–Crippen MR) is 211 cm³/mol. The maximum absolute atomic E-state index is 15.3. The molecular weight excluding hydrogens is 790 g/mol. The molecule has 0 bridgehead atoms. The molecule has 320 valence electrons. The topological polar surface area (TPSA) is 221 Å². The number of esters is 4. The van der Waals surface area contributed by atoms with E-state index in [-0.39, 0.29) is 35.3 Å². The predicted octanol–water partition coefficient (Wildman–Crippen LogP) is 3.10. The van der Waals surface area contributed by atoms with Gasteiger partial charge in [-0.15, -0.1) is 0 Å². The average Bonchev–Trinajstić information content (AvgIpc) is 3.24. The summed E-state index contributed by atoms with van der Waals surface area (Å²) < 4.78 is 30.3. The van der Waals surface area contributed by atoms with Gasteiger partial charge in [-0.3, -0.25) is 19.2 Å². The number of aliphatic hydroxyl groups is 3. The van der Waals surface area contributed by atoms with Crippen molar-refractivity contribution in [1.82, 2.24) is 5.32 Å². The van der Waals surface area contributed by atoms with Crippen molar-refractivity contribution in [2.45, 2.75) is 101 Å². The molecule has 1 heterocycles. The van der Waals surface area contributed by atoms with E-state index in [9.17, 15) is 39.3 Å². The molecule has 0 unspecified atom stereocenters. The second-order valence-electron chi connectivity index (χ2n) is 17.1. The lowest BCUT2D eigenvalue weighted by molar-refractivity contribution is -0.376. The standard InChI is InChI=1S/C46H47NO14/c1-24-32-35(58-25(2)48)37(52)42(4)30(50)21-31-44(23-57-31,60-26(3)49)36(42)38(59-40(54)29-19-13-8-14-20-29)45(56)22-46(24,43(32,45)5)61-41(55)34(51)33(27-15-9-6-10-16-27)47-39(53)28-17-11-7-12-18-28/h6-20,30-31,33-36,38,50-51,56H,21-23H2,1-5H3,(H,47,53)/t30-,31+,33-,34+,35+,36-,38-,42+,43+,44-,45+,46+/m0/s1. The summed E-state index contributed by atoms with van der Waals surface area (Å²) in [7, 11) is 0. The molecule has 8 rings (SSSR count). The fourth-order valence-corrected chi connectivity index (χ4v) is 11.0. The first kappa shape index (κ1) is 42.0. The van der Waals surface area contributed by atoms with E-state index in [2.05, 4.69) is 5.32 Å². The molecule has 3 aromatic carbocycles. The van der Waals surface area contributed by atoms with Crippen molar-refractivity contribution in [3.63, 3.8) is 0 Å². The molecule has 1 aliphatic heterocycles. The maximum Gasteiger partial charge on any atom is 0.338 e. The lowest BCUT2D eigenvalue weighted by Crippen LogP contribution is -2.90. The van der Waals surface area contributed by atoms with E-state index in [1.807, 2.05) is 0 Å². The van der Waals surface area contributed by atoms with E-state index < -0.39 is 112 Å². The molecule has 3 saturated carbocycles. The summed E-state index contributed by atoms with van der Waals surface area (Å²) in [6.45, 7) is 6.36. The minimum Gasteiger partial charge on any atom is -0.455 e. The molecule has 15 heteroatoms. The van der Waals surface area contributed by atoms with Crippen LogP contribution >= 0.6 is 0 Å². The molecule has 4 aliphatic carbocycles. The summed E-state index contributed by atoms with van der Waals surface area (Å²) in [4.78, 5) is 83.2. The average molecular weight is 838 g/mol. The summed E-state index contributed by atoms with van der Waals surface area (Å²) in [5, 5.41) is 40.0. The Morgan fingerprint density at radius 1 is 0.836 bits per heavy atom. The quantitative estimate of drug-likeness (QED) is 0.131. The highest BCUT2D eigenvalue weighted by atomic mass is 16.6. The van der Waals surface area contributed by atoms with E-state index in [1.54, 1.807) is 78.9 Å². The lowest BCUT2D eigenvalue weighted by atomic mass is 9.30. The fraction of sp³-hybridized carbons (Fsp3) is 0.435. The highest BCUT2D eigenvalue weighted by Gasteiger charge is 2.89. The smallest absolute Gasteiger partial charge is 0.338 e. The molecule has 0 radical (unpaired) electrons. The number of carbonyl (C=O) groups is 6. The maximum atomic E-state index is 15.3. The van der Waals surface area contributed by atoms with Crippen LogP contribution in [0.3, 0.4) is 0 Å². The number of amides is 1. The van der Waals surface area contributed by atoms with Gasteiger partial charge in [-0.25, -0.2) is 9.59 Å². The number of aliphatic hydroxyl groups excluding tert-OH is 2. The zero-order valence-corrected chi connectivity index (χ0v) is 34.2. The van der Waals surface area contributed by atoms with Crippen LogP contribution in [0.5, 0.6) is 0 Å². The third-order valence-corrected chi connectivity index (χ3v) is 14.1. The van der Waals surface area contributed by atoms with Crippen LogP contribution in [0.4, 0.5) is 0 Å². The van der Waals surface area contributed by atoms with Crippen LogP contribution in [-0.2, 0) is 42.9 Å². The SMILES string of the molecule is CC(=O)O[C@H]1C(=O)[C@@]2(C)[C@H]([C@H](OC(=O)c3ccccc3)[C@]3(O)C[C@@]4(OC(=O)[C@H](O)[C@@H](NC(=O)c5ccccc5)c5ccccc5)C(C)=C1[C@]34C)[C@]1(OC(C)=O)CO[C@@H]1C[C@@H]2O. The Labute approximate surface area is 351 Å². The van der Waals surface area contributed by atoms with Gasteiger partial charge in [-0.05, 0) is 61.7 Å².